The molecule has 1 amide bonds. The van der Waals surface area contributed by atoms with E-state index in [-0.39, 0.29) is 5.91 Å². The van der Waals surface area contributed by atoms with Crippen molar-refractivity contribution in [1.82, 2.24) is 0 Å². The van der Waals surface area contributed by atoms with Crippen molar-refractivity contribution in [3.8, 4) is 17.2 Å². The predicted molar refractivity (Wildman–Crippen MR) is 95.2 cm³/mol. The lowest BCUT2D eigenvalue weighted by Gasteiger charge is -2.12. The Labute approximate surface area is 145 Å². The Balaban J connectivity index is 2.19. The highest BCUT2D eigenvalue weighted by Gasteiger charge is 2.12. The molecule has 0 atom stereocenters. The number of benzene rings is 2. The van der Waals surface area contributed by atoms with Gasteiger partial charge in [-0.1, -0.05) is 23.7 Å². The number of ether oxygens (including phenoxy) is 3. The van der Waals surface area contributed by atoms with E-state index in [4.69, 9.17) is 25.8 Å². The highest BCUT2D eigenvalue weighted by atomic mass is 35.5. The molecule has 0 heterocycles. The average molecular weight is 348 g/mol. The van der Waals surface area contributed by atoms with Crippen LogP contribution in [-0.4, -0.2) is 27.2 Å². The summed E-state index contributed by atoms with van der Waals surface area (Å²) in [5, 5.41) is 3.19. The largest absolute Gasteiger partial charge is 0.493 e. The smallest absolute Gasteiger partial charge is 0.248 e. The molecule has 24 heavy (non-hydrogen) atoms. The molecule has 0 aliphatic heterocycles. The summed E-state index contributed by atoms with van der Waals surface area (Å²) < 4.78 is 15.8. The van der Waals surface area contributed by atoms with E-state index in [0.29, 0.717) is 28.0 Å². The normalized spacial score (nSPS) is 10.5. The van der Waals surface area contributed by atoms with Crippen LogP contribution < -0.4 is 19.5 Å². The fourth-order valence-electron chi connectivity index (χ4n) is 2.11. The molecule has 0 aliphatic carbocycles. The van der Waals surface area contributed by atoms with Gasteiger partial charge < -0.3 is 19.5 Å². The molecule has 6 heteroatoms. The average Bonchev–Trinajstić information content (AvgIpc) is 2.60. The Morgan fingerprint density at radius 1 is 1.04 bits per heavy atom. The first kappa shape index (κ1) is 17.7. The number of carbonyl (C=O) groups excluding carboxylic acids is 1. The third-order valence-electron chi connectivity index (χ3n) is 3.25. The zero-order valence-corrected chi connectivity index (χ0v) is 14.4. The van der Waals surface area contributed by atoms with Crippen molar-refractivity contribution in [2.45, 2.75) is 0 Å². The molecular weight excluding hydrogens is 330 g/mol. The van der Waals surface area contributed by atoms with Gasteiger partial charge in [-0.05, 0) is 35.9 Å². The number of hydrogen-bond donors (Lipinski definition) is 1. The second-order valence-corrected chi connectivity index (χ2v) is 5.17. The molecule has 0 saturated carbocycles. The summed E-state index contributed by atoms with van der Waals surface area (Å²) >= 11 is 6.01. The lowest BCUT2D eigenvalue weighted by atomic mass is 10.1. The molecule has 0 aliphatic rings. The monoisotopic (exact) mass is 347 g/mol. The molecule has 126 valence electrons. The zero-order chi connectivity index (χ0) is 17.5. The molecular formula is C18H18ClNO4. The van der Waals surface area contributed by atoms with Gasteiger partial charge in [0.05, 0.1) is 32.0 Å². The minimum atomic E-state index is -0.295. The van der Waals surface area contributed by atoms with Gasteiger partial charge in [-0.2, -0.15) is 0 Å². The van der Waals surface area contributed by atoms with E-state index in [1.807, 2.05) is 0 Å². The zero-order valence-electron chi connectivity index (χ0n) is 13.6. The molecule has 2 aromatic rings. The summed E-state index contributed by atoms with van der Waals surface area (Å²) in [7, 11) is 4.61. The summed E-state index contributed by atoms with van der Waals surface area (Å²) in [4.78, 5) is 12.0. The number of hydrogen-bond acceptors (Lipinski definition) is 4. The van der Waals surface area contributed by atoms with E-state index >= 15 is 0 Å². The van der Waals surface area contributed by atoms with Crippen molar-refractivity contribution in [1.29, 1.82) is 0 Å². The Kier molecular flexibility index (Phi) is 6.09. The molecule has 0 aromatic heterocycles. The standard InChI is InChI=1S/C18H18ClNO4/c1-22-15-10-12(11-16(23-2)18(15)24-3)8-9-17(21)20-14-7-5-4-6-13(14)19/h4-11H,1-3H3,(H,20,21). The van der Waals surface area contributed by atoms with E-state index in [9.17, 15) is 4.79 Å². The summed E-state index contributed by atoms with van der Waals surface area (Å²) in [6.45, 7) is 0. The van der Waals surface area contributed by atoms with Crippen LogP contribution in [0.5, 0.6) is 17.2 Å². The Morgan fingerprint density at radius 2 is 1.67 bits per heavy atom. The number of para-hydroxylation sites is 1. The first-order valence-corrected chi connectivity index (χ1v) is 7.50. The second-order valence-electron chi connectivity index (χ2n) is 4.76. The number of amides is 1. The van der Waals surface area contributed by atoms with Crippen LogP contribution in [0.25, 0.3) is 6.08 Å². The summed E-state index contributed by atoms with van der Waals surface area (Å²) in [6.07, 6.45) is 3.06. The minimum absolute atomic E-state index is 0.295. The predicted octanol–water partition coefficient (Wildman–Crippen LogP) is 4.02. The molecule has 0 bridgehead atoms. The third kappa shape index (κ3) is 4.20. The van der Waals surface area contributed by atoms with Gasteiger partial charge in [-0.15, -0.1) is 0 Å². The Hall–Kier alpha value is -2.66. The number of halogens is 1. The third-order valence-corrected chi connectivity index (χ3v) is 3.58. The molecule has 0 radical (unpaired) electrons. The quantitative estimate of drug-likeness (QED) is 0.802. The number of carbonyl (C=O) groups is 1. The lowest BCUT2D eigenvalue weighted by Crippen LogP contribution is -2.07. The van der Waals surface area contributed by atoms with Crippen LogP contribution in [0.3, 0.4) is 0 Å². The van der Waals surface area contributed by atoms with Crippen LogP contribution in [0.4, 0.5) is 5.69 Å². The lowest BCUT2D eigenvalue weighted by molar-refractivity contribution is -0.111. The van der Waals surface area contributed by atoms with Crippen LogP contribution in [0.1, 0.15) is 5.56 Å². The van der Waals surface area contributed by atoms with Gasteiger partial charge in [-0.3, -0.25) is 4.79 Å². The Morgan fingerprint density at radius 3 is 2.21 bits per heavy atom. The van der Waals surface area contributed by atoms with Crippen molar-refractivity contribution in [2.24, 2.45) is 0 Å². The summed E-state index contributed by atoms with van der Waals surface area (Å²) in [5.41, 5.74) is 1.29. The van der Waals surface area contributed by atoms with Crippen LogP contribution in [0.2, 0.25) is 5.02 Å². The van der Waals surface area contributed by atoms with Gasteiger partial charge >= 0.3 is 0 Å². The van der Waals surface area contributed by atoms with Crippen LogP contribution in [0.15, 0.2) is 42.5 Å². The first-order chi connectivity index (χ1) is 11.6. The topological polar surface area (TPSA) is 56.8 Å². The van der Waals surface area contributed by atoms with Crippen molar-refractivity contribution < 1.29 is 19.0 Å². The molecule has 2 aromatic carbocycles. The molecule has 5 nitrogen and oxygen atoms in total. The van der Waals surface area contributed by atoms with Crippen molar-refractivity contribution in [3.63, 3.8) is 0 Å². The SMILES string of the molecule is COc1cc(C=CC(=O)Nc2ccccc2Cl)cc(OC)c1OC. The van der Waals surface area contributed by atoms with Crippen molar-refractivity contribution in [3.05, 3.63) is 53.1 Å². The number of nitrogens with one attached hydrogen (secondary N) is 1. The van der Waals surface area contributed by atoms with E-state index in [1.165, 1.54) is 27.4 Å². The number of anilines is 1. The van der Waals surface area contributed by atoms with Gasteiger partial charge in [-0.25, -0.2) is 0 Å². The minimum Gasteiger partial charge on any atom is -0.493 e. The molecule has 0 spiro atoms. The first-order valence-electron chi connectivity index (χ1n) is 7.12. The van der Waals surface area contributed by atoms with Gasteiger partial charge in [0.2, 0.25) is 11.7 Å². The van der Waals surface area contributed by atoms with Crippen LogP contribution in [0, 0.1) is 0 Å². The highest BCUT2D eigenvalue weighted by Crippen LogP contribution is 2.38. The molecule has 1 N–H and O–H groups in total. The maximum atomic E-state index is 12.0. The van der Waals surface area contributed by atoms with Gasteiger partial charge in [0.1, 0.15) is 0 Å². The maximum Gasteiger partial charge on any atom is 0.248 e. The molecule has 0 fully saturated rings. The second kappa shape index (κ2) is 8.26. The van der Waals surface area contributed by atoms with E-state index in [1.54, 1.807) is 42.5 Å². The van der Waals surface area contributed by atoms with Gasteiger partial charge in [0.15, 0.2) is 11.5 Å². The van der Waals surface area contributed by atoms with E-state index in [2.05, 4.69) is 5.32 Å². The van der Waals surface area contributed by atoms with Crippen molar-refractivity contribution >= 4 is 29.3 Å². The van der Waals surface area contributed by atoms with Crippen LogP contribution in [-0.2, 0) is 4.79 Å². The van der Waals surface area contributed by atoms with Crippen molar-refractivity contribution in [2.75, 3.05) is 26.6 Å². The Bertz CT molecular complexity index is 733. The van der Waals surface area contributed by atoms with Gasteiger partial charge in [0.25, 0.3) is 0 Å². The summed E-state index contributed by atoms with van der Waals surface area (Å²) in [6, 6.07) is 10.5. The molecule has 0 unspecified atom stereocenters. The number of methoxy groups -OCH3 is 3. The van der Waals surface area contributed by atoms with E-state index < -0.39 is 0 Å². The molecule has 2 rings (SSSR count). The fourth-order valence-corrected chi connectivity index (χ4v) is 2.29. The van der Waals surface area contributed by atoms with E-state index in [0.717, 1.165) is 5.56 Å². The summed E-state index contributed by atoms with van der Waals surface area (Å²) in [5.74, 6) is 1.24. The molecule has 0 saturated heterocycles. The maximum absolute atomic E-state index is 12.0. The van der Waals surface area contributed by atoms with Gasteiger partial charge in [0, 0.05) is 6.08 Å². The fraction of sp³-hybridized carbons (Fsp3) is 0.167. The highest BCUT2D eigenvalue weighted by molar-refractivity contribution is 6.33. The van der Waals surface area contributed by atoms with Crippen LogP contribution >= 0.6 is 11.6 Å². The number of rotatable bonds is 6.